The maximum absolute atomic E-state index is 6.00. The van der Waals surface area contributed by atoms with E-state index in [0.29, 0.717) is 0 Å². The average Bonchev–Trinajstić information content (AvgIpc) is 3.08. The molecule has 0 atom stereocenters. The molecule has 0 saturated heterocycles. The van der Waals surface area contributed by atoms with Crippen molar-refractivity contribution in [3.63, 3.8) is 0 Å². The predicted molar refractivity (Wildman–Crippen MR) is 101 cm³/mol. The van der Waals surface area contributed by atoms with Crippen molar-refractivity contribution in [2.75, 3.05) is 13.7 Å². The standard InChI is InChI=1S/C19H19ClN2OS/c1-23-17-7-3-5-15(11-17)18-12-22-19(24-18)13-21-9-8-14-4-2-6-16(20)10-14/h2-7,10-12,21H,8-9,13H2,1H3. The van der Waals surface area contributed by atoms with E-state index in [0.717, 1.165) is 45.7 Å². The van der Waals surface area contributed by atoms with Gasteiger partial charge in [0.15, 0.2) is 0 Å². The number of benzene rings is 2. The molecule has 0 saturated carbocycles. The number of ether oxygens (including phenoxy) is 1. The van der Waals surface area contributed by atoms with Gasteiger partial charge in [-0.05, 0) is 48.4 Å². The van der Waals surface area contributed by atoms with Crippen LogP contribution in [0.15, 0.2) is 54.7 Å². The maximum Gasteiger partial charge on any atom is 0.119 e. The van der Waals surface area contributed by atoms with Gasteiger partial charge in [0, 0.05) is 17.8 Å². The molecule has 5 heteroatoms. The summed E-state index contributed by atoms with van der Waals surface area (Å²) in [4.78, 5) is 5.65. The molecule has 0 radical (unpaired) electrons. The zero-order chi connectivity index (χ0) is 16.8. The lowest BCUT2D eigenvalue weighted by atomic mass is 10.1. The Kier molecular flexibility index (Phi) is 5.86. The number of nitrogens with zero attached hydrogens (tertiary/aromatic N) is 1. The van der Waals surface area contributed by atoms with Crippen LogP contribution in [0.1, 0.15) is 10.6 Å². The number of thiazole rings is 1. The third kappa shape index (κ3) is 4.57. The van der Waals surface area contributed by atoms with E-state index < -0.39 is 0 Å². The molecule has 1 heterocycles. The molecule has 1 N–H and O–H groups in total. The number of hydrogen-bond acceptors (Lipinski definition) is 4. The Hall–Kier alpha value is -1.88. The van der Waals surface area contributed by atoms with Gasteiger partial charge in [-0.25, -0.2) is 4.98 Å². The zero-order valence-corrected chi connectivity index (χ0v) is 15.0. The van der Waals surface area contributed by atoms with Gasteiger partial charge in [0.25, 0.3) is 0 Å². The Morgan fingerprint density at radius 2 is 2.04 bits per heavy atom. The van der Waals surface area contributed by atoms with Crippen LogP contribution in [0.4, 0.5) is 0 Å². The molecule has 1 aromatic heterocycles. The first kappa shape index (κ1) is 17.0. The van der Waals surface area contributed by atoms with Gasteiger partial charge < -0.3 is 10.1 Å². The molecular weight excluding hydrogens is 340 g/mol. The Morgan fingerprint density at radius 3 is 2.88 bits per heavy atom. The molecule has 0 aliphatic carbocycles. The van der Waals surface area contributed by atoms with Crippen molar-refractivity contribution in [3.05, 3.63) is 70.3 Å². The van der Waals surface area contributed by atoms with Crippen molar-refractivity contribution >= 4 is 22.9 Å². The Balaban J connectivity index is 1.52. The van der Waals surface area contributed by atoms with E-state index >= 15 is 0 Å². The molecule has 0 fully saturated rings. The fraction of sp³-hybridized carbons (Fsp3) is 0.211. The minimum atomic E-state index is 0.773. The molecule has 0 aliphatic heterocycles. The number of methoxy groups -OCH3 is 1. The van der Waals surface area contributed by atoms with Crippen LogP contribution in [-0.2, 0) is 13.0 Å². The highest BCUT2D eigenvalue weighted by atomic mass is 35.5. The Labute approximate surface area is 151 Å². The van der Waals surface area contributed by atoms with Crippen molar-refractivity contribution in [2.24, 2.45) is 0 Å². The van der Waals surface area contributed by atoms with Gasteiger partial charge in [-0.15, -0.1) is 11.3 Å². The third-order valence-corrected chi connectivity index (χ3v) is 4.95. The van der Waals surface area contributed by atoms with Crippen molar-refractivity contribution in [2.45, 2.75) is 13.0 Å². The summed E-state index contributed by atoms with van der Waals surface area (Å²) in [7, 11) is 1.68. The highest BCUT2D eigenvalue weighted by Gasteiger charge is 2.05. The highest BCUT2D eigenvalue weighted by molar-refractivity contribution is 7.15. The molecule has 3 aromatic rings. The topological polar surface area (TPSA) is 34.1 Å². The molecule has 0 aliphatic rings. The summed E-state index contributed by atoms with van der Waals surface area (Å²) >= 11 is 7.70. The van der Waals surface area contributed by atoms with Crippen molar-refractivity contribution in [3.8, 4) is 16.2 Å². The van der Waals surface area contributed by atoms with E-state index in [1.54, 1.807) is 18.4 Å². The second kappa shape index (κ2) is 8.29. The molecule has 24 heavy (non-hydrogen) atoms. The first-order valence-corrected chi connectivity index (χ1v) is 8.98. The summed E-state index contributed by atoms with van der Waals surface area (Å²) in [6.45, 7) is 1.67. The van der Waals surface area contributed by atoms with Crippen LogP contribution in [0.2, 0.25) is 5.02 Å². The monoisotopic (exact) mass is 358 g/mol. The summed E-state index contributed by atoms with van der Waals surface area (Å²) < 4.78 is 5.28. The van der Waals surface area contributed by atoms with E-state index in [4.69, 9.17) is 16.3 Å². The van der Waals surface area contributed by atoms with Crippen LogP contribution in [-0.4, -0.2) is 18.6 Å². The van der Waals surface area contributed by atoms with Crippen LogP contribution < -0.4 is 10.1 Å². The summed E-state index contributed by atoms with van der Waals surface area (Å²) in [5, 5.41) is 5.31. The van der Waals surface area contributed by atoms with Crippen LogP contribution in [0, 0.1) is 0 Å². The van der Waals surface area contributed by atoms with Crippen LogP contribution in [0.3, 0.4) is 0 Å². The van der Waals surface area contributed by atoms with Gasteiger partial charge in [0.05, 0.1) is 12.0 Å². The summed E-state index contributed by atoms with van der Waals surface area (Å²) in [6, 6.07) is 16.0. The molecule has 0 spiro atoms. The third-order valence-electron chi connectivity index (χ3n) is 3.66. The fourth-order valence-electron chi connectivity index (χ4n) is 2.42. The lowest BCUT2D eigenvalue weighted by Crippen LogP contribution is -2.16. The smallest absolute Gasteiger partial charge is 0.119 e. The second-order valence-corrected chi connectivity index (χ2v) is 6.96. The normalized spacial score (nSPS) is 10.8. The first-order chi connectivity index (χ1) is 11.7. The number of nitrogens with one attached hydrogen (secondary N) is 1. The minimum absolute atomic E-state index is 0.773. The quantitative estimate of drug-likeness (QED) is 0.616. The number of hydrogen-bond donors (Lipinski definition) is 1. The van der Waals surface area contributed by atoms with Crippen molar-refractivity contribution in [1.29, 1.82) is 0 Å². The molecule has 0 amide bonds. The SMILES string of the molecule is COc1cccc(-c2cnc(CNCCc3cccc(Cl)c3)s2)c1. The second-order valence-electron chi connectivity index (χ2n) is 5.41. The summed E-state index contributed by atoms with van der Waals surface area (Å²) in [5.74, 6) is 0.863. The van der Waals surface area contributed by atoms with Crippen molar-refractivity contribution in [1.82, 2.24) is 10.3 Å². The van der Waals surface area contributed by atoms with Gasteiger partial charge >= 0.3 is 0 Å². The van der Waals surface area contributed by atoms with Crippen LogP contribution in [0.25, 0.3) is 10.4 Å². The van der Waals surface area contributed by atoms with Gasteiger partial charge in [0.1, 0.15) is 10.8 Å². The van der Waals surface area contributed by atoms with Gasteiger partial charge in [-0.1, -0.05) is 35.9 Å². The fourth-order valence-corrected chi connectivity index (χ4v) is 3.52. The van der Waals surface area contributed by atoms with E-state index in [1.165, 1.54) is 5.56 Å². The Morgan fingerprint density at radius 1 is 1.17 bits per heavy atom. The largest absolute Gasteiger partial charge is 0.497 e. The molecule has 0 bridgehead atoms. The molecule has 3 nitrogen and oxygen atoms in total. The van der Waals surface area contributed by atoms with Crippen LogP contribution >= 0.6 is 22.9 Å². The molecular formula is C19H19ClN2OS. The number of aromatic nitrogens is 1. The highest BCUT2D eigenvalue weighted by Crippen LogP contribution is 2.28. The van der Waals surface area contributed by atoms with Gasteiger partial charge in [-0.2, -0.15) is 0 Å². The predicted octanol–water partition coefficient (Wildman–Crippen LogP) is 4.80. The minimum Gasteiger partial charge on any atom is -0.497 e. The molecule has 2 aromatic carbocycles. The van der Waals surface area contributed by atoms with E-state index in [-0.39, 0.29) is 0 Å². The van der Waals surface area contributed by atoms with Gasteiger partial charge in [-0.3, -0.25) is 0 Å². The molecule has 3 rings (SSSR count). The van der Waals surface area contributed by atoms with Gasteiger partial charge in [0.2, 0.25) is 0 Å². The average molecular weight is 359 g/mol. The Bertz CT molecular complexity index is 803. The van der Waals surface area contributed by atoms with E-state index in [9.17, 15) is 0 Å². The summed E-state index contributed by atoms with van der Waals surface area (Å²) in [6.07, 6.45) is 2.88. The number of rotatable bonds is 7. The lowest BCUT2D eigenvalue weighted by Gasteiger charge is -2.03. The van der Waals surface area contributed by atoms with E-state index in [2.05, 4.69) is 22.4 Å². The molecule has 0 unspecified atom stereocenters. The summed E-state index contributed by atoms with van der Waals surface area (Å²) in [5.41, 5.74) is 2.38. The molecule has 124 valence electrons. The zero-order valence-electron chi connectivity index (χ0n) is 13.5. The van der Waals surface area contributed by atoms with Crippen LogP contribution in [0.5, 0.6) is 5.75 Å². The van der Waals surface area contributed by atoms with E-state index in [1.807, 2.05) is 42.6 Å². The lowest BCUT2D eigenvalue weighted by molar-refractivity contribution is 0.415. The van der Waals surface area contributed by atoms with Crippen molar-refractivity contribution < 1.29 is 4.74 Å². The first-order valence-electron chi connectivity index (χ1n) is 7.79. The number of halogens is 1. The maximum atomic E-state index is 6.00.